The maximum absolute atomic E-state index is 12.2. The Morgan fingerprint density at radius 1 is 1.30 bits per heavy atom. The number of imidazole rings is 1. The fourth-order valence-corrected chi connectivity index (χ4v) is 4.50. The SMILES string of the molecule is CC(C)(C)OC(=O)N1CC2(CCN(c3nc(Br)c4c(N)nccn34)CC2)C1. The Morgan fingerprint density at radius 2 is 1.96 bits per heavy atom. The molecule has 0 bridgehead atoms. The van der Waals surface area contributed by atoms with Gasteiger partial charge in [0.2, 0.25) is 5.95 Å². The molecule has 2 aromatic heterocycles. The van der Waals surface area contributed by atoms with Crippen molar-refractivity contribution in [3.63, 3.8) is 0 Å². The van der Waals surface area contributed by atoms with Crippen LogP contribution in [-0.2, 0) is 4.74 Å². The molecule has 4 rings (SSSR count). The molecule has 0 aliphatic carbocycles. The number of nitrogen functional groups attached to an aromatic ring is 1. The van der Waals surface area contributed by atoms with Gasteiger partial charge in [-0.15, -0.1) is 0 Å². The van der Waals surface area contributed by atoms with Crippen molar-refractivity contribution >= 4 is 39.3 Å². The van der Waals surface area contributed by atoms with E-state index in [0.29, 0.717) is 10.4 Å². The van der Waals surface area contributed by atoms with Gasteiger partial charge in [-0.3, -0.25) is 4.40 Å². The summed E-state index contributed by atoms with van der Waals surface area (Å²) in [4.78, 5) is 25.1. The quantitative estimate of drug-likeness (QED) is 0.738. The molecule has 2 saturated heterocycles. The highest BCUT2D eigenvalue weighted by atomic mass is 79.9. The number of nitrogens with zero attached hydrogens (tertiary/aromatic N) is 5. The predicted octanol–water partition coefficient (Wildman–Crippen LogP) is 2.91. The summed E-state index contributed by atoms with van der Waals surface area (Å²) in [5, 5.41) is 0. The lowest BCUT2D eigenvalue weighted by molar-refractivity contribution is -0.0435. The molecule has 2 N–H and O–H groups in total. The maximum atomic E-state index is 12.2. The van der Waals surface area contributed by atoms with Gasteiger partial charge in [-0.25, -0.2) is 14.8 Å². The van der Waals surface area contributed by atoms with E-state index in [4.69, 9.17) is 10.5 Å². The van der Waals surface area contributed by atoms with Gasteiger partial charge in [-0.1, -0.05) is 0 Å². The number of anilines is 2. The average molecular weight is 437 g/mol. The monoisotopic (exact) mass is 436 g/mol. The zero-order valence-electron chi connectivity index (χ0n) is 15.9. The van der Waals surface area contributed by atoms with Crippen LogP contribution in [0.2, 0.25) is 0 Å². The number of piperidine rings is 1. The molecule has 0 unspecified atom stereocenters. The Balaban J connectivity index is 1.41. The normalized spacial score (nSPS) is 19.4. The molecular weight excluding hydrogens is 412 g/mol. The van der Waals surface area contributed by atoms with Gasteiger partial charge in [0.15, 0.2) is 5.82 Å². The van der Waals surface area contributed by atoms with Crippen molar-refractivity contribution in [1.82, 2.24) is 19.3 Å². The van der Waals surface area contributed by atoms with Crippen molar-refractivity contribution < 1.29 is 9.53 Å². The first-order chi connectivity index (χ1) is 12.7. The molecule has 2 aromatic rings. The number of nitrogens with two attached hydrogens (primary N) is 1. The Morgan fingerprint density at radius 3 is 2.59 bits per heavy atom. The van der Waals surface area contributed by atoms with Crippen molar-refractivity contribution in [1.29, 1.82) is 0 Å². The summed E-state index contributed by atoms with van der Waals surface area (Å²) in [6.45, 7) is 9.04. The average Bonchev–Trinajstić information content (AvgIpc) is 2.89. The first kappa shape index (κ1) is 18.3. The van der Waals surface area contributed by atoms with Gasteiger partial charge in [-0.05, 0) is 49.5 Å². The first-order valence-electron chi connectivity index (χ1n) is 9.18. The molecule has 2 aliphatic rings. The molecule has 1 spiro atoms. The van der Waals surface area contributed by atoms with Crippen LogP contribution in [0.5, 0.6) is 0 Å². The molecule has 9 heteroatoms. The number of ether oxygens (including phenoxy) is 1. The summed E-state index contributed by atoms with van der Waals surface area (Å²) in [6.07, 6.45) is 5.42. The molecule has 0 aromatic carbocycles. The second-order valence-corrected chi connectivity index (χ2v) is 9.31. The molecule has 1 amide bonds. The lowest BCUT2D eigenvalue weighted by atomic mass is 9.72. The molecule has 0 radical (unpaired) electrons. The number of amides is 1. The Kier molecular flexibility index (Phi) is 4.25. The Bertz CT molecular complexity index is 874. The van der Waals surface area contributed by atoms with E-state index < -0.39 is 5.60 Å². The zero-order valence-corrected chi connectivity index (χ0v) is 17.5. The standard InChI is InChI=1S/C18H25BrN6O2/c1-17(2,3)27-16(26)24-10-18(11-24)4-7-23(8-5-18)15-22-13(19)12-14(20)21-6-9-25(12)15/h6,9H,4-5,7-8,10-11H2,1-3H3,(H2,20,21). The van der Waals surface area contributed by atoms with E-state index in [1.165, 1.54) is 0 Å². The van der Waals surface area contributed by atoms with Gasteiger partial charge in [0.05, 0.1) is 0 Å². The van der Waals surface area contributed by atoms with E-state index >= 15 is 0 Å². The van der Waals surface area contributed by atoms with Gasteiger partial charge in [-0.2, -0.15) is 0 Å². The second-order valence-electron chi connectivity index (χ2n) is 8.56. The number of fused-ring (bicyclic) bond motifs is 1. The van der Waals surface area contributed by atoms with E-state index in [0.717, 1.165) is 50.5 Å². The van der Waals surface area contributed by atoms with Crippen molar-refractivity contribution in [3.05, 3.63) is 17.0 Å². The first-order valence-corrected chi connectivity index (χ1v) is 9.98. The summed E-state index contributed by atoms with van der Waals surface area (Å²) >= 11 is 3.49. The van der Waals surface area contributed by atoms with E-state index in [2.05, 4.69) is 30.8 Å². The fourth-order valence-electron chi connectivity index (χ4n) is 3.95. The van der Waals surface area contributed by atoms with Gasteiger partial charge < -0.3 is 20.3 Å². The summed E-state index contributed by atoms with van der Waals surface area (Å²) < 4.78 is 8.16. The number of rotatable bonds is 1. The highest BCUT2D eigenvalue weighted by molar-refractivity contribution is 9.10. The van der Waals surface area contributed by atoms with Crippen LogP contribution in [0, 0.1) is 5.41 Å². The molecule has 2 aliphatic heterocycles. The summed E-state index contributed by atoms with van der Waals surface area (Å²) in [5.74, 6) is 1.34. The van der Waals surface area contributed by atoms with Crippen LogP contribution in [0.3, 0.4) is 0 Å². The topological polar surface area (TPSA) is 89.0 Å². The van der Waals surface area contributed by atoms with E-state index in [-0.39, 0.29) is 11.5 Å². The van der Waals surface area contributed by atoms with E-state index in [1.807, 2.05) is 36.3 Å². The minimum Gasteiger partial charge on any atom is -0.444 e. The number of halogens is 1. The third-order valence-corrected chi connectivity index (χ3v) is 5.89. The van der Waals surface area contributed by atoms with Gasteiger partial charge in [0.1, 0.15) is 15.7 Å². The minimum atomic E-state index is -0.449. The maximum Gasteiger partial charge on any atom is 0.410 e. The molecule has 0 atom stereocenters. The molecule has 27 heavy (non-hydrogen) atoms. The molecular formula is C18H25BrN6O2. The van der Waals surface area contributed by atoms with Crippen molar-refractivity contribution in [2.75, 3.05) is 36.8 Å². The van der Waals surface area contributed by atoms with Crippen LogP contribution in [0.1, 0.15) is 33.6 Å². The summed E-state index contributed by atoms with van der Waals surface area (Å²) in [6, 6.07) is 0. The van der Waals surface area contributed by atoms with Crippen molar-refractivity contribution in [3.8, 4) is 0 Å². The third-order valence-electron chi connectivity index (χ3n) is 5.33. The van der Waals surface area contributed by atoms with E-state index in [1.54, 1.807) is 6.20 Å². The largest absolute Gasteiger partial charge is 0.444 e. The van der Waals surface area contributed by atoms with Crippen molar-refractivity contribution in [2.45, 2.75) is 39.2 Å². The Hall–Kier alpha value is -2.03. The van der Waals surface area contributed by atoms with Crippen LogP contribution in [0.25, 0.3) is 5.52 Å². The lowest BCUT2D eigenvalue weighted by Crippen LogP contribution is -2.62. The zero-order chi connectivity index (χ0) is 19.4. The predicted molar refractivity (Wildman–Crippen MR) is 107 cm³/mol. The van der Waals surface area contributed by atoms with Crippen LogP contribution in [0.4, 0.5) is 16.6 Å². The summed E-state index contributed by atoms with van der Waals surface area (Å²) in [7, 11) is 0. The van der Waals surface area contributed by atoms with Crippen LogP contribution < -0.4 is 10.6 Å². The number of hydrogen-bond acceptors (Lipinski definition) is 6. The van der Waals surface area contributed by atoms with Crippen LogP contribution in [-0.4, -0.2) is 57.1 Å². The third kappa shape index (κ3) is 3.33. The molecule has 146 valence electrons. The molecule has 0 saturated carbocycles. The van der Waals surface area contributed by atoms with Gasteiger partial charge in [0, 0.05) is 44.0 Å². The lowest BCUT2D eigenvalue weighted by Gasteiger charge is -2.53. The van der Waals surface area contributed by atoms with Crippen molar-refractivity contribution in [2.24, 2.45) is 5.41 Å². The second kappa shape index (κ2) is 6.25. The van der Waals surface area contributed by atoms with Crippen LogP contribution >= 0.6 is 15.9 Å². The molecule has 8 nitrogen and oxygen atoms in total. The Labute approximate surface area is 166 Å². The number of likely N-dealkylation sites (tertiary alicyclic amines) is 1. The number of carbonyl (C=O) groups excluding carboxylic acids is 1. The van der Waals surface area contributed by atoms with Gasteiger partial charge >= 0.3 is 6.09 Å². The highest BCUT2D eigenvalue weighted by Crippen LogP contribution is 2.42. The number of carbonyl (C=O) groups is 1. The molecule has 4 heterocycles. The smallest absolute Gasteiger partial charge is 0.410 e. The van der Waals surface area contributed by atoms with E-state index in [9.17, 15) is 4.79 Å². The van der Waals surface area contributed by atoms with Gasteiger partial charge in [0.25, 0.3) is 0 Å². The highest BCUT2D eigenvalue weighted by Gasteiger charge is 2.48. The summed E-state index contributed by atoms with van der Waals surface area (Å²) in [5.41, 5.74) is 6.55. The fraction of sp³-hybridized carbons (Fsp3) is 0.611. The minimum absolute atomic E-state index is 0.207. The number of hydrogen-bond donors (Lipinski definition) is 1. The van der Waals surface area contributed by atoms with Crippen LogP contribution in [0.15, 0.2) is 17.0 Å². The number of aromatic nitrogens is 3. The molecule has 2 fully saturated rings.